The average molecular weight is 712 g/mol. The van der Waals surface area contributed by atoms with Gasteiger partial charge in [-0.1, -0.05) is 133 Å². The summed E-state index contributed by atoms with van der Waals surface area (Å²) in [7, 11) is 0. The number of anilines is 3. The van der Waals surface area contributed by atoms with Gasteiger partial charge in [0.2, 0.25) is 0 Å². The first-order valence-electron chi connectivity index (χ1n) is 17.7. The molecule has 8 aromatic carbocycles. The van der Waals surface area contributed by atoms with Gasteiger partial charge in [-0.15, -0.1) is 11.3 Å². The highest BCUT2D eigenvalue weighted by Gasteiger charge is 2.27. The van der Waals surface area contributed by atoms with Gasteiger partial charge >= 0.3 is 0 Å². The Bertz CT molecular complexity index is 3040. The first-order valence-corrected chi connectivity index (χ1v) is 19.4. The maximum absolute atomic E-state index is 5.37. The van der Waals surface area contributed by atoms with Crippen LogP contribution in [0, 0.1) is 0 Å². The Morgan fingerprint density at radius 2 is 1.25 bits per heavy atom. The SMILES string of the molecule is c1ccc(-c2nc(-c3ccc4c5c(cccc35)-c3c(cccc3N(c3ccccc3)c3ccc5ccccc5c3)S4)nc3c2sc2ccccc23)cc1. The Morgan fingerprint density at radius 3 is 2.13 bits per heavy atom. The van der Waals surface area contributed by atoms with E-state index in [1.807, 2.05) is 11.8 Å². The lowest BCUT2D eigenvalue weighted by Crippen LogP contribution is -2.12. The van der Waals surface area contributed by atoms with Crippen LogP contribution in [0.25, 0.3) is 75.6 Å². The fourth-order valence-electron chi connectivity index (χ4n) is 7.87. The molecule has 3 nitrogen and oxygen atoms in total. The zero-order chi connectivity index (χ0) is 34.9. The molecule has 0 saturated heterocycles. The van der Waals surface area contributed by atoms with Crippen LogP contribution in [-0.2, 0) is 0 Å². The fourth-order valence-corrected chi connectivity index (χ4v) is 10.2. The van der Waals surface area contributed by atoms with Crippen LogP contribution >= 0.6 is 23.1 Å². The summed E-state index contributed by atoms with van der Waals surface area (Å²) in [6.45, 7) is 0. The second kappa shape index (κ2) is 12.2. The lowest BCUT2D eigenvalue weighted by atomic mass is 9.93. The maximum Gasteiger partial charge on any atom is 0.161 e. The van der Waals surface area contributed by atoms with Crippen molar-refractivity contribution >= 4 is 82.0 Å². The van der Waals surface area contributed by atoms with Crippen molar-refractivity contribution in [3.05, 3.63) is 176 Å². The van der Waals surface area contributed by atoms with Crippen LogP contribution in [0.2, 0.25) is 0 Å². The monoisotopic (exact) mass is 711 g/mol. The minimum atomic E-state index is 0.745. The topological polar surface area (TPSA) is 29.0 Å². The number of para-hydroxylation sites is 1. The van der Waals surface area contributed by atoms with Crippen molar-refractivity contribution in [1.29, 1.82) is 0 Å². The van der Waals surface area contributed by atoms with E-state index in [0.29, 0.717) is 0 Å². The number of fused-ring (bicyclic) bond motifs is 6. The van der Waals surface area contributed by atoms with E-state index in [2.05, 4.69) is 181 Å². The van der Waals surface area contributed by atoms with Gasteiger partial charge in [0.05, 0.1) is 21.6 Å². The summed E-state index contributed by atoms with van der Waals surface area (Å²) in [5.41, 5.74) is 9.95. The smallest absolute Gasteiger partial charge is 0.161 e. The standard InChI is InChI=1S/C48H29N3S2/c1-3-14-31(15-4-1)45-47-46(37-19-9-10-23-40(37)53-47)50-48(49-45)36-27-28-42-43-35(36)20-11-21-38(43)44-39(22-12-24-41(44)52-42)51(33-17-5-2-6-18-33)34-26-25-30-13-7-8-16-32(30)29-34/h1-29H. The number of thiophene rings is 1. The van der Waals surface area contributed by atoms with Crippen molar-refractivity contribution in [1.82, 2.24) is 9.97 Å². The van der Waals surface area contributed by atoms with Gasteiger partial charge in [0.25, 0.3) is 0 Å². The van der Waals surface area contributed by atoms with E-state index in [0.717, 1.165) is 55.3 Å². The lowest BCUT2D eigenvalue weighted by molar-refractivity contribution is 1.24. The van der Waals surface area contributed by atoms with Crippen LogP contribution in [0.1, 0.15) is 0 Å². The molecule has 0 saturated carbocycles. The van der Waals surface area contributed by atoms with E-state index in [1.165, 1.54) is 47.2 Å². The van der Waals surface area contributed by atoms with Gasteiger partial charge in [-0.25, -0.2) is 9.97 Å². The van der Waals surface area contributed by atoms with Crippen LogP contribution in [-0.4, -0.2) is 9.97 Å². The number of hydrogen-bond acceptors (Lipinski definition) is 5. The quantitative estimate of drug-likeness (QED) is 0.178. The van der Waals surface area contributed by atoms with Crippen LogP contribution in [0.3, 0.4) is 0 Å². The summed E-state index contributed by atoms with van der Waals surface area (Å²) in [5.74, 6) is 0.745. The third kappa shape index (κ3) is 4.89. The normalized spacial score (nSPS) is 12.1. The van der Waals surface area contributed by atoms with Crippen molar-refractivity contribution in [3.8, 4) is 33.8 Å². The molecule has 248 valence electrons. The summed E-state index contributed by atoms with van der Waals surface area (Å²) in [6.07, 6.45) is 0. The van der Waals surface area contributed by atoms with Crippen molar-refractivity contribution in [3.63, 3.8) is 0 Å². The van der Waals surface area contributed by atoms with Crippen molar-refractivity contribution in [2.45, 2.75) is 9.79 Å². The highest BCUT2D eigenvalue weighted by molar-refractivity contribution is 7.99. The van der Waals surface area contributed by atoms with Crippen molar-refractivity contribution in [2.75, 3.05) is 4.90 Å². The molecule has 0 amide bonds. The molecule has 5 heteroatoms. The zero-order valence-corrected chi connectivity index (χ0v) is 30.0. The minimum absolute atomic E-state index is 0.745. The first-order chi connectivity index (χ1) is 26.3. The Kier molecular flexibility index (Phi) is 6.97. The number of hydrogen-bond donors (Lipinski definition) is 0. The summed E-state index contributed by atoms with van der Waals surface area (Å²) in [4.78, 5) is 15.6. The predicted molar refractivity (Wildman–Crippen MR) is 225 cm³/mol. The molecule has 0 bridgehead atoms. The zero-order valence-electron chi connectivity index (χ0n) is 28.4. The molecule has 0 radical (unpaired) electrons. The highest BCUT2D eigenvalue weighted by Crippen LogP contribution is 2.54. The third-order valence-corrected chi connectivity index (χ3v) is 12.5. The molecule has 0 unspecified atom stereocenters. The molecule has 0 spiro atoms. The van der Waals surface area contributed by atoms with Gasteiger partial charge in [-0.3, -0.25) is 0 Å². The van der Waals surface area contributed by atoms with E-state index < -0.39 is 0 Å². The van der Waals surface area contributed by atoms with Gasteiger partial charge in [-0.2, -0.15) is 0 Å². The second-order valence-corrected chi connectivity index (χ2v) is 15.5. The van der Waals surface area contributed by atoms with Crippen LogP contribution in [0.5, 0.6) is 0 Å². The molecule has 53 heavy (non-hydrogen) atoms. The number of rotatable bonds is 5. The Balaban J connectivity index is 1.15. The van der Waals surface area contributed by atoms with E-state index in [1.54, 1.807) is 11.3 Å². The highest BCUT2D eigenvalue weighted by atomic mass is 32.2. The molecular formula is C48H29N3S2. The molecule has 3 heterocycles. The van der Waals surface area contributed by atoms with E-state index >= 15 is 0 Å². The summed E-state index contributed by atoms with van der Waals surface area (Å²) in [6, 6.07) is 63.1. The molecule has 1 aliphatic heterocycles. The van der Waals surface area contributed by atoms with Crippen LogP contribution in [0.4, 0.5) is 17.1 Å². The molecule has 0 atom stereocenters. The van der Waals surface area contributed by atoms with E-state index in [4.69, 9.17) is 9.97 Å². The van der Waals surface area contributed by atoms with Crippen LogP contribution in [0.15, 0.2) is 186 Å². The van der Waals surface area contributed by atoms with Crippen molar-refractivity contribution in [2.24, 2.45) is 0 Å². The number of aromatic nitrogens is 2. The summed E-state index contributed by atoms with van der Waals surface area (Å²) in [5, 5.41) is 6.00. The number of nitrogens with zero attached hydrogens (tertiary/aromatic N) is 3. The van der Waals surface area contributed by atoms with Gasteiger partial charge in [-0.05, 0) is 76.3 Å². The number of benzene rings is 8. The molecule has 2 aromatic heterocycles. The molecule has 11 rings (SSSR count). The van der Waals surface area contributed by atoms with Gasteiger partial charge < -0.3 is 4.90 Å². The predicted octanol–water partition coefficient (Wildman–Crippen LogP) is 14.1. The average Bonchev–Trinajstić information content (AvgIpc) is 3.60. The van der Waals surface area contributed by atoms with Gasteiger partial charge in [0.1, 0.15) is 0 Å². The fraction of sp³-hybridized carbons (Fsp3) is 0. The molecule has 1 aliphatic rings. The molecule has 0 fully saturated rings. The second-order valence-electron chi connectivity index (χ2n) is 13.3. The third-order valence-electron chi connectivity index (χ3n) is 10.3. The van der Waals surface area contributed by atoms with Gasteiger partial charge in [0.15, 0.2) is 5.82 Å². The van der Waals surface area contributed by atoms with Gasteiger partial charge in [0, 0.05) is 53.3 Å². The Labute approximate surface area is 314 Å². The first kappa shape index (κ1) is 30.4. The summed E-state index contributed by atoms with van der Waals surface area (Å²) >= 11 is 3.61. The van der Waals surface area contributed by atoms with E-state index in [-0.39, 0.29) is 0 Å². The molecule has 0 N–H and O–H groups in total. The Hall–Kier alpha value is -6.27. The molecular weight excluding hydrogens is 683 g/mol. The summed E-state index contributed by atoms with van der Waals surface area (Å²) < 4.78 is 2.34. The minimum Gasteiger partial charge on any atom is -0.310 e. The Morgan fingerprint density at radius 1 is 0.491 bits per heavy atom. The van der Waals surface area contributed by atoms with E-state index in [9.17, 15) is 0 Å². The maximum atomic E-state index is 5.37. The largest absolute Gasteiger partial charge is 0.310 e. The lowest BCUT2D eigenvalue weighted by Gasteiger charge is -2.31. The molecule has 0 aliphatic carbocycles. The van der Waals surface area contributed by atoms with Crippen LogP contribution < -0.4 is 4.90 Å². The molecule has 10 aromatic rings. The van der Waals surface area contributed by atoms with Crippen molar-refractivity contribution < 1.29 is 0 Å².